The van der Waals surface area contributed by atoms with Crippen molar-refractivity contribution in [2.45, 2.75) is 10.1 Å². The van der Waals surface area contributed by atoms with E-state index in [1.54, 1.807) is 18.3 Å². The van der Waals surface area contributed by atoms with Gasteiger partial charge in [0, 0.05) is 28.9 Å². The van der Waals surface area contributed by atoms with Crippen LogP contribution in [-0.2, 0) is 3.16 Å². The second-order valence-electron chi connectivity index (χ2n) is 6.68. The predicted octanol–water partition coefficient (Wildman–Crippen LogP) is 4.94. The van der Waals surface area contributed by atoms with Gasteiger partial charge in [0.2, 0.25) is 5.56 Å². The van der Waals surface area contributed by atoms with Crippen molar-refractivity contribution in [3.63, 3.8) is 0 Å². The molecular weight excluding hydrogens is 482 g/mol. The Labute approximate surface area is 177 Å². The van der Waals surface area contributed by atoms with Gasteiger partial charge in [0.05, 0.1) is 3.16 Å². The molecule has 2 unspecified atom stereocenters. The maximum absolute atomic E-state index is 12.5. The fraction of sp³-hybridized carbons (Fsp3) is 0.0952. The van der Waals surface area contributed by atoms with Gasteiger partial charge in [0.25, 0.3) is 0 Å². The van der Waals surface area contributed by atoms with E-state index in [-0.39, 0.29) is 8.72 Å². The van der Waals surface area contributed by atoms with Crippen molar-refractivity contribution in [3.05, 3.63) is 76.3 Å². The Morgan fingerprint density at radius 3 is 2.68 bits per heavy atom. The summed E-state index contributed by atoms with van der Waals surface area (Å²) in [5, 5.41) is 9.99. The average Bonchev–Trinajstić information content (AvgIpc) is 3.10. The normalized spacial score (nSPS) is 13.2. The molecule has 7 heteroatoms. The molecule has 4 aromatic rings. The molecule has 3 heterocycles. The van der Waals surface area contributed by atoms with Crippen LogP contribution in [0, 0.1) is 11.3 Å². The second kappa shape index (κ2) is 7.16. The number of H-pyrrole nitrogens is 2. The summed E-state index contributed by atoms with van der Waals surface area (Å²) in [6.07, 6.45) is 1.68. The van der Waals surface area contributed by atoms with Crippen LogP contribution in [-0.4, -0.2) is 15.0 Å². The number of hydrogen-bond acceptors (Lipinski definition) is 3. The molecule has 0 bridgehead atoms. The minimum Gasteiger partial charge on any atom is -0.331 e. The first-order valence-electron chi connectivity index (χ1n) is 8.57. The Morgan fingerprint density at radius 1 is 1.14 bits per heavy atom. The minimum absolute atomic E-state index is 0.173. The number of rotatable bonds is 3. The van der Waals surface area contributed by atoms with E-state index in [1.807, 2.05) is 30.3 Å². The molecule has 2 atom stereocenters. The summed E-state index contributed by atoms with van der Waals surface area (Å²) in [5.74, 6) is 0. The summed E-state index contributed by atoms with van der Waals surface area (Å²) in [6.45, 7) is 2.11. The van der Waals surface area contributed by atoms with Crippen molar-refractivity contribution in [1.82, 2.24) is 15.0 Å². The number of aromatic amines is 2. The zero-order chi connectivity index (χ0) is 19.9. The van der Waals surface area contributed by atoms with Gasteiger partial charge in [0.1, 0.15) is 17.4 Å². The van der Waals surface area contributed by atoms with Crippen LogP contribution in [0.1, 0.15) is 18.2 Å². The molecule has 0 aliphatic rings. The molecule has 0 saturated heterocycles. The third-order valence-electron chi connectivity index (χ3n) is 4.55. The van der Waals surface area contributed by atoms with Crippen LogP contribution in [0.4, 0.5) is 0 Å². The summed E-state index contributed by atoms with van der Waals surface area (Å²) >= 11 is 2.37. The molecule has 28 heavy (non-hydrogen) atoms. The molecule has 5 nitrogen and oxygen atoms in total. The molecule has 0 saturated carbocycles. The van der Waals surface area contributed by atoms with E-state index in [0.29, 0.717) is 11.3 Å². The summed E-state index contributed by atoms with van der Waals surface area (Å²) in [5.41, 5.74) is 5.37. The molecule has 1 aromatic carbocycles. The third kappa shape index (κ3) is 3.48. The van der Waals surface area contributed by atoms with Gasteiger partial charge in [-0.2, -0.15) is 5.26 Å². The fourth-order valence-electron chi connectivity index (χ4n) is 3.33. The maximum Gasteiger partial charge on any atom is 0.249 e. The topological polar surface area (TPSA) is 85.3 Å². The molecule has 0 fully saturated rings. The molecular formula is C21H16IN4OP. The molecule has 0 aliphatic heterocycles. The van der Waals surface area contributed by atoms with E-state index < -0.39 is 0 Å². The number of hydrogen-bond donors (Lipinski definition) is 2. The van der Waals surface area contributed by atoms with Gasteiger partial charge in [-0.15, -0.1) is 9.24 Å². The van der Waals surface area contributed by atoms with Crippen molar-refractivity contribution in [3.8, 4) is 28.5 Å². The number of nitriles is 1. The molecule has 0 amide bonds. The van der Waals surface area contributed by atoms with Crippen LogP contribution >= 0.6 is 31.8 Å². The van der Waals surface area contributed by atoms with Gasteiger partial charge < -0.3 is 9.97 Å². The van der Waals surface area contributed by atoms with E-state index in [0.717, 1.165) is 33.3 Å². The maximum atomic E-state index is 12.5. The van der Waals surface area contributed by atoms with Crippen LogP contribution in [0.3, 0.4) is 0 Å². The Morgan fingerprint density at radius 2 is 1.93 bits per heavy atom. The highest BCUT2D eigenvalue weighted by molar-refractivity contribution is 14.1. The Kier molecular flexibility index (Phi) is 4.82. The molecule has 3 aromatic heterocycles. The predicted molar refractivity (Wildman–Crippen MR) is 123 cm³/mol. The lowest BCUT2D eigenvalue weighted by atomic mass is 9.98. The van der Waals surface area contributed by atoms with E-state index in [1.165, 1.54) is 0 Å². The highest BCUT2D eigenvalue weighted by Crippen LogP contribution is 2.43. The number of halogens is 1. The standard InChI is InChI=1S/C21H16IN4OP/c1-21(22,28)17-5-3-2-4-15(17)18-8-12(9-19(27)26-18)14-6-7-24-20-16(14)10-13(11-23)25-20/h2-10H,28H2,1H3,(H,24,25)(H,26,27). The fourth-order valence-corrected chi connectivity index (χ4v) is 4.05. The number of nitrogens with one attached hydrogen (secondary N) is 2. The molecule has 2 N–H and O–H groups in total. The number of alkyl halides is 1. The van der Waals surface area contributed by atoms with E-state index in [4.69, 9.17) is 0 Å². The third-order valence-corrected chi connectivity index (χ3v) is 5.44. The van der Waals surface area contributed by atoms with Gasteiger partial charge in [-0.25, -0.2) is 4.98 Å². The lowest BCUT2D eigenvalue weighted by Crippen LogP contribution is -2.09. The first-order chi connectivity index (χ1) is 13.4. The van der Waals surface area contributed by atoms with Crippen LogP contribution < -0.4 is 5.56 Å². The first kappa shape index (κ1) is 18.9. The van der Waals surface area contributed by atoms with Crippen molar-refractivity contribution < 1.29 is 0 Å². The highest BCUT2D eigenvalue weighted by Gasteiger charge is 2.21. The van der Waals surface area contributed by atoms with Gasteiger partial charge in [-0.3, -0.25) is 4.79 Å². The zero-order valence-electron chi connectivity index (χ0n) is 15.0. The number of pyridine rings is 2. The zero-order valence-corrected chi connectivity index (χ0v) is 18.3. The van der Waals surface area contributed by atoms with Crippen LogP contribution in [0.15, 0.2) is 59.5 Å². The van der Waals surface area contributed by atoms with Gasteiger partial charge in [0.15, 0.2) is 0 Å². The Hall–Kier alpha value is -2.49. The number of nitrogens with zero attached hydrogens (tertiary/aromatic N) is 2. The second-order valence-corrected chi connectivity index (χ2v) is 11.3. The van der Waals surface area contributed by atoms with Gasteiger partial charge >= 0.3 is 0 Å². The molecule has 0 spiro atoms. The Balaban J connectivity index is 1.95. The minimum atomic E-state index is -0.178. The van der Waals surface area contributed by atoms with Crippen molar-refractivity contribution in [1.29, 1.82) is 5.26 Å². The number of benzene rings is 1. The smallest absolute Gasteiger partial charge is 0.249 e. The van der Waals surface area contributed by atoms with Crippen molar-refractivity contribution in [2.75, 3.05) is 0 Å². The van der Waals surface area contributed by atoms with Crippen molar-refractivity contribution >= 4 is 42.9 Å². The molecule has 138 valence electrons. The number of aromatic nitrogens is 3. The Bertz CT molecular complexity index is 1290. The van der Waals surface area contributed by atoms with Crippen LogP contribution in [0.2, 0.25) is 0 Å². The summed E-state index contributed by atoms with van der Waals surface area (Å²) < 4.78 is -0.173. The van der Waals surface area contributed by atoms with E-state index in [9.17, 15) is 10.1 Å². The largest absolute Gasteiger partial charge is 0.331 e. The lowest BCUT2D eigenvalue weighted by molar-refractivity contribution is 1.06. The SMILES string of the molecule is CC(P)(I)c1ccccc1-c1cc(-c2ccnc3[nH]c(C#N)cc23)cc(=O)[nH]1. The summed E-state index contributed by atoms with van der Waals surface area (Å²) in [7, 11) is 2.84. The molecule has 0 radical (unpaired) electrons. The van der Waals surface area contributed by atoms with Gasteiger partial charge in [-0.1, -0.05) is 46.9 Å². The van der Waals surface area contributed by atoms with Crippen molar-refractivity contribution in [2.24, 2.45) is 0 Å². The first-order valence-corrected chi connectivity index (χ1v) is 10.2. The molecule has 0 aliphatic carbocycles. The monoisotopic (exact) mass is 498 g/mol. The quantitative estimate of drug-likeness (QED) is 0.239. The van der Waals surface area contributed by atoms with E-state index in [2.05, 4.69) is 65.8 Å². The number of fused-ring (bicyclic) bond motifs is 1. The van der Waals surface area contributed by atoms with Crippen LogP contribution in [0.25, 0.3) is 33.4 Å². The average molecular weight is 498 g/mol. The molecule has 4 rings (SSSR count). The summed E-state index contributed by atoms with van der Waals surface area (Å²) in [6, 6.07) is 17.3. The lowest BCUT2D eigenvalue weighted by Gasteiger charge is -2.21. The summed E-state index contributed by atoms with van der Waals surface area (Å²) in [4.78, 5) is 22.7. The van der Waals surface area contributed by atoms with E-state index >= 15 is 0 Å². The van der Waals surface area contributed by atoms with Crippen LogP contribution in [0.5, 0.6) is 0 Å². The highest BCUT2D eigenvalue weighted by atomic mass is 127. The van der Waals surface area contributed by atoms with Gasteiger partial charge in [-0.05, 0) is 41.8 Å².